The van der Waals surface area contributed by atoms with Gasteiger partial charge in [0.05, 0.1) is 12.3 Å². The van der Waals surface area contributed by atoms with Gasteiger partial charge in [-0.1, -0.05) is 6.92 Å². The molecule has 0 saturated carbocycles. The van der Waals surface area contributed by atoms with Crippen LogP contribution < -0.4 is 5.32 Å². The number of piperidine rings is 1. The molecule has 12 heavy (non-hydrogen) atoms. The molecule has 1 saturated heterocycles. The topological polar surface area (TPSA) is 25.2 Å². The maximum absolute atomic E-state index is 5.36. The number of furan rings is 1. The average molecular weight is 165 g/mol. The second kappa shape index (κ2) is 3.31. The zero-order valence-corrected chi connectivity index (χ0v) is 7.42. The molecule has 66 valence electrons. The van der Waals surface area contributed by atoms with E-state index in [0.717, 1.165) is 18.2 Å². The summed E-state index contributed by atoms with van der Waals surface area (Å²) in [6.07, 6.45) is 4.24. The van der Waals surface area contributed by atoms with Gasteiger partial charge >= 0.3 is 0 Å². The summed E-state index contributed by atoms with van der Waals surface area (Å²) in [6, 6.07) is 4.45. The minimum atomic E-state index is 0.448. The summed E-state index contributed by atoms with van der Waals surface area (Å²) >= 11 is 0. The molecule has 1 aliphatic heterocycles. The van der Waals surface area contributed by atoms with Crippen molar-refractivity contribution in [3.63, 3.8) is 0 Å². The van der Waals surface area contributed by atoms with Crippen molar-refractivity contribution in [1.82, 2.24) is 5.32 Å². The van der Waals surface area contributed by atoms with Gasteiger partial charge < -0.3 is 9.73 Å². The van der Waals surface area contributed by atoms with Crippen LogP contribution in [0.4, 0.5) is 0 Å². The molecular weight excluding hydrogens is 150 g/mol. The van der Waals surface area contributed by atoms with Crippen LogP contribution in [-0.4, -0.2) is 6.54 Å². The normalized spacial score (nSPS) is 30.4. The lowest BCUT2D eigenvalue weighted by molar-refractivity contribution is 0.290. The third kappa shape index (κ3) is 1.53. The predicted octanol–water partition coefficient (Wildman–Crippen LogP) is 2.34. The Balaban J connectivity index is 2.04. The van der Waals surface area contributed by atoms with Crippen molar-refractivity contribution in [1.29, 1.82) is 0 Å². The van der Waals surface area contributed by atoms with Crippen LogP contribution in [0.1, 0.15) is 31.6 Å². The fourth-order valence-corrected chi connectivity index (χ4v) is 1.81. The van der Waals surface area contributed by atoms with Gasteiger partial charge in [0.25, 0.3) is 0 Å². The van der Waals surface area contributed by atoms with Gasteiger partial charge in [-0.05, 0) is 37.4 Å². The zero-order chi connectivity index (χ0) is 8.39. The molecule has 0 amide bonds. The van der Waals surface area contributed by atoms with Crippen molar-refractivity contribution < 1.29 is 4.42 Å². The van der Waals surface area contributed by atoms with Gasteiger partial charge in [-0.15, -0.1) is 0 Å². The molecule has 2 nitrogen and oxygen atoms in total. The molecule has 2 heterocycles. The average Bonchev–Trinajstić information content (AvgIpc) is 2.56. The number of rotatable bonds is 1. The van der Waals surface area contributed by atoms with E-state index in [2.05, 4.69) is 18.3 Å². The molecule has 0 aromatic carbocycles. The van der Waals surface area contributed by atoms with E-state index < -0.39 is 0 Å². The molecule has 1 N–H and O–H groups in total. The van der Waals surface area contributed by atoms with Crippen LogP contribution in [0.15, 0.2) is 22.8 Å². The van der Waals surface area contributed by atoms with E-state index >= 15 is 0 Å². The van der Waals surface area contributed by atoms with E-state index in [-0.39, 0.29) is 0 Å². The van der Waals surface area contributed by atoms with Gasteiger partial charge in [0.2, 0.25) is 0 Å². The van der Waals surface area contributed by atoms with E-state index in [0.29, 0.717) is 6.04 Å². The lowest BCUT2D eigenvalue weighted by Gasteiger charge is -2.26. The Kier molecular flexibility index (Phi) is 2.17. The largest absolute Gasteiger partial charge is 0.468 e. The van der Waals surface area contributed by atoms with Crippen molar-refractivity contribution in [3.05, 3.63) is 24.2 Å². The van der Waals surface area contributed by atoms with Gasteiger partial charge in [-0.3, -0.25) is 0 Å². The standard InChI is InChI=1S/C10H15NO/c1-8-4-5-11-9(7-8)10-3-2-6-12-10/h2-3,6,8-9,11H,4-5,7H2,1H3/t8-,9+/m1/s1. The molecule has 0 aliphatic carbocycles. The minimum absolute atomic E-state index is 0.448. The molecule has 1 aliphatic rings. The smallest absolute Gasteiger partial charge is 0.120 e. The van der Waals surface area contributed by atoms with Crippen LogP contribution in [0.2, 0.25) is 0 Å². The summed E-state index contributed by atoms with van der Waals surface area (Å²) in [7, 11) is 0. The van der Waals surface area contributed by atoms with Crippen LogP contribution in [0.5, 0.6) is 0 Å². The van der Waals surface area contributed by atoms with E-state index in [1.54, 1.807) is 6.26 Å². The fourth-order valence-electron chi connectivity index (χ4n) is 1.81. The first-order valence-corrected chi connectivity index (χ1v) is 4.63. The summed E-state index contributed by atoms with van der Waals surface area (Å²) in [5.41, 5.74) is 0. The molecule has 2 atom stereocenters. The van der Waals surface area contributed by atoms with Crippen LogP contribution in [0, 0.1) is 5.92 Å². The SMILES string of the molecule is C[C@@H]1CCN[C@H](c2ccco2)C1. The number of hydrogen-bond acceptors (Lipinski definition) is 2. The Morgan fingerprint density at radius 3 is 3.17 bits per heavy atom. The maximum Gasteiger partial charge on any atom is 0.120 e. The summed E-state index contributed by atoms with van der Waals surface area (Å²) in [5, 5.41) is 3.46. The molecular formula is C10H15NO. The van der Waals surface area contributed by atoms with Gasteiger partial charge in [-0.2, -0.15) is 0 Å². The highest BCUT2D eigenvalue weighted by atomic mass is 16.3. The molecule has 2 heteroatoms. The summed E-state index contributed by atoms with van der Waals surface area (Å²) in [4.78, 5) is 0. The van der Waals surface area contributed by atoms with Crippen molar-refractivity contribution >= 4 is 0 Å². The predicted molar refractivity (Wildman–Crippen MR) is 47.8 cm³/mol. The first-order chi connectivity index (χ1) is 5.86. The Hall–Kier alpha value is -0.760. The third-order valence-electron chi connectivity index (χ3n) is 2.55. The number of nitrogens with one attached hydrogen (secondary N) is 1. The van der Waals surface area contributed by atoms with E-state index in [9.17, 15) is 0 Å². The Bertz CT molecular complexity index is 230. The van der Waals surface area contributed by atoms with E-state index in [4.69, 9.17) is 4.42 Å². The van der Waals surface area contributed by atoms with Gasteiger partial charge in [0.1, 0.15) is 5.76 Å². The number of hydrogen-bond donors (Lipinski definition) is 1. The molecule has 0 unspecified atom stereocenters. The van der Waals surface area contributed by atoms with Gasteiger partial charge in [-0.25, -0.2) is 0 Å². The highest BCUT2D eigenvalue weighted by Gasteiger charge is 2.21. The summed E-state index contributed by atoms with van der Waals surface area (Å²) in [6.45, 7) is 3.42. The molecule has 2 rings (SSSR count). The molecule has 0 spiro atoms. The molecule has 0 radical (unpaired) electrons. The first kappa shape index (κ1) is 7.87. The summed E-state index contributed by atoms with van der Waals surface area (Å²) < 4.78 is 5.36. The van der Waals surface area contributed by atoms with Crippen LogP contribution in [0.3, 0.4) is 0 Å². The lowest BCUT2D eigenvalue weighted by Crippen LogP contribution is -2.30. The van der Waals surface area contributed by atoms with Crippen molar-refractivity contribution in [2.45, 2.75) is 25.8 Å². The van der Waals surface area contributed by atoms with E-state index in [1.165, 1.54) is 12.8 Å². The van der Waals surface area contributed by atoms with Gasteiger partial charge in [0, 0.05) is 0 Å². The molecule has 1 aromatic heterocycles. The van der Waals surface area contributed by atoms with Crippen LogP contribution in [-0.2, 0) is 0 Å². The highest BCUT2D eigenvalue weighted by molar-refractivity contribution is 5.05. The lowest BCUT2D eigenvalue weighted by atomic mass is 9.93. The Morgan fingerprint density at radius 1 is 1.58 bits per heavy atom. The Labute approximate surface area is 73.0 Å². The van der Waals surface area contributed by atoms with Crippen molar-refractivity contribution in [2.24, 2.45) is 5.92 Å². The molecule has 1 fully saturated rings. The monoisotopic (exact) mass is 165 g/mol. The second-order valence-corrected chi connectivity index (χ2v) is 3.65. The van der Waals surface area contributed by atoms with Gasteiger partial charge in [0.15, 0.2) is 0 Å². The second-order valence-electron chi connectivity index (χ2n) is 3.65. The van der Waals surface area contributed by atoms with Crippen molar-refractivity contribution in [3.8, 4) is 0 Å². The Morgan fingerprint density at radius 2 is 2.50 bits per heavy atom. The zero-order valence-electron chi connectivity index (χ0n) is 7.42. The maximum atomic E-state index is 5.36. The van der Waals surface area contributed by atoms with Crippen molar-refractivity contribution in [2.75, 3.05) is 6.54 Å². The molecule has 0 bridgehead atoms. The molecule has 1 aromatic rings. The third-order valence-corrected chi connectivity index (χ3v) is 2.55. The minimum Gasteiger partial charge on any atom is -0.468 e. The van der Waals surface area contributed by atoms with Crippen LogP contribution >= 0.6 is 0 Å². The van der Waals surface area contributed by atoms with Crippen LogP contribution in [0.25, 0.3) is 0 Å². The summed E-state index contributed by atoms with van der Waals surface area (Å²) in [5.74, 6) is 1.91. The fraction of sp³-hybridized carbons (Fsp3) is 0.600. The highest BCUT2D eigenvalue weighted by Crippen LogP contribution is 2.26. The first-order valence-electron chi connectivity index (χ1n) is 4.63. The van der Waals surface area contributed by atoms with E-state index in [1.807, 2.05) is 6.07 Å². The quantitative estimate of drug-likeness (QED) is 0.691.